The quantitative estimate of drug-likeness (QED) is 0.0137. The third kappa shape index (κ3) is 38.6. The molecule has 0 saturated heterocycles. The van der Waals surface area contributed by atoms with Gasteiger partial charge in [0.15, 0.2) is 62.5 Å². The van der Waals surface area contributed by atoms with Crippen LogP contribution in [0.1, 0.15) is 195 Å². The van der Waals surface area contributed by atoms with Crippen LogP contribution in [0.15, 0.2) is 12.7 Å². The second kappa shape index (κ2) is 54.3. The van der Waals surface area contributed by atoms with Gasteiger partial charge in [0.1, 0.15) is 46.2 Å². The lowest BCUT2D eigenvalue weighted by Crippen LogP contribution is -2.61. The van der Waals surface area contributed by atoms with E-state index < -0.39 is 303 Å². The first-order valence-electron chi connectivity index (χ1n) is 42.2. The van der Waals surface area contributed by atoms with Gasteiger partial charge in [-0.2, -0.15) is 123 Å². The average Bonchev–Trinajstić information content (AvgIpc) is 0.771. The van der Waals surface area contributed by atoms with E-state index in [9.17, 15) is 241 Å². The fraction of sp³-hybridized carbons (Fsp3) is 0.824. The van der Waals surface area contributed by atoms with E-state index in [2.05, 4.69) is 77.6 Å². The fourth-order valence-corrected chi connectivity index (χ4v) is 13.4. The van der Waals surface area contributed by atoms with Crippen molar-refractivity contribution in [3.8, 4) is 0 Å². The molecule has 864 valence electrons. The van der Waals surface area contributed by atoms with Crippen LogP contribution in [0, 0.1) is 29.6 Å². The van der Waals surface area contributed by atoms with Crippen molar-refractivity contribution in [2.24, 2.45) is 29.6 Å². The summed E-state index contributed by atoms with van der Waals surface area (Å²) >= 11 is 0. The van der Waals surface area contributed by atoms with Crippen molar-refractivity contribution in [1.29, 1.82) is 0 Å². The van der Waals surface area contributed by atoms with E-state index in [1.807, 2.05) is 0 Å². The van der Waals surface area contributed by atoms with Gasteiger partial charge in [0.25, 0.3) is 0 Å². The normalized spacial score (nSPS) is 18.9. The van der Waals surface area contributed by atoms with E-state index in [-0.39, 0.29) is 77.6 Å². The number of ketones is 1. The standard InChI is InChI=1S/C15H18F8O8S.C15H19F5O9S.C15H21F5O8S.C15H19F5O8S.C14H19F5O8S/c1-8(14(18,19)20)30-11(25)13(15(21,22)23,29-7-12(16,17)32(26,27)28)31-10(24)9-5-3-2-4-6-9;1-9(21)7-27-12(23)14(15(18,19)20,28-8-13(16,17)30(24,25)26)29-11(22)10-5-3-2-4-6-10;2*1-2-8-26-12(22)14(15(18,19)20,27-9-13(16,17)29(23,24)25)28-11(21)10-6-4-3-5-7-10;1-2-25-11(21)13(14(17,18)19,26-8-12(15,16)28(22,23)24)27-10(20)9-6-4-3-5-7-9/h8-9H,2-7H2,1H3,(H,26,27,28);10H,2-8H2,1H3,(H,24,25,26);10H,2-9H2,1H3,(H,23,24,25);2,10H,1,3-9H2,(H,23,24,25);9H,2-8H2,1H3,(H,22,23,24)/p-5. The molecule has 0 bridgehead atoms. The Balaban J connectivity index is 0.000000926. The minimum atomic E-state index is -6.64. The molecule has 6 atom stereocenters. The molecule has 5 rings (SSSR count). The summed E-state index contributed by atoms with van der Waals surface area (Å²) in [7, 11) is -32.4. The summed E-state index contributed by atoms with van der Waals surface area (Å²) < 4.78 is 594. The molecule has 148 heavy (non-hydrogen) atoms. The number of carbonyl (C=O) groups excluding carboxylic acids is 11. The number of Topliss-reactive ketones (excluding diaryl/α,β-unsaturated/α-hetero) is 1. The Morgan fingerprint density at radius 3 is 0.662 bits per heavy atom. The van der Waals surface area contributed by atoms with Crippen LogP contribution in [0.25, 0.3) is 0 Å². The first-order valence-corrected chi connectivity index (χ1v) is 49.3. The maximum absolute atomic E-state index is 13.7. The molecule has 0 aliphatic heterocycles. The number of hydrogen-bond donors (Lipinski definition) is 0. The molecule has 5 aliphatic rings. The highest BCUT2D eigenvalue weighted by Gasteiger charge is 2.75. The lowest BCUT2D eigenvalue weighted by atomic mass is 9.89. The molecule has 0 spiro atoms. The summed E-state index contributed by atoms with van der Waals surface area (Å²) in [5, 5.41) is -27.0. The van der Waals surface area contributed by atoms with Crippen LogP contribution in [0.2, 0.25) is 0 Å². The molecule has 6 unspecified atom stereocenters. The van der Waals surface area contributed by atoms with Crippen LogP contribution < -0.4 is 0 Å². The maximum atomic E-state index is 13.7. The molecule has 41 nitrogen and oxygen atoms in total. The van der Waals surface area contributed by atoms with Crippen molar-refractivity contribution in [2.75, 3.05) is 59.5 Å². The van der Waals surface area contributed by atoms with E-state index in [1.54, 1.807) is 0 Å². The molecule has 0 aromatic carbocycles. The number of carbonyl (C=O) groups is 11. The van der Waals surface area contributed by atoms with Gasteiger partial charge in [-0.15, -0.1) is 0 Å². The summed E-state index contributed by atoms with van der Waals surface area (Å²) in [5.41, 5.74) is 0. The number of halogens is 28. The largest absolute Gasteiger partial charge is 0.743 e. The average molecular weight is 2330 g/mol. The predicted octanol–water partition coefficient (Wildman–Crippen LogP) is 11.5. The topological polar surface area (TPSA) is 612 Å². The molecule has 0 amide bonds. The van der Waals surface area contributed by atoms with E-state index >= 15 is 0 Å². The van der Waals surface area contributed by atoms with Gasteiger partial charge < -0.3 is 93.8 Å². The lowest BCUT2D eigenvalue weighted by molar-refractivity contribution is -0.365. The van der Waals surface area contributed by atoms with Gasteiger partial charge in [-0.05, 0) is 91.4 Å². The highest BCUT2D eigenvalue weighted by Crippen LogP contribution is 2.48. The van der Waals surface area contributed by atoms with E-state index in [0.717, 1.165) is 32.8 Å². The van der Waals surface area contributed by atoms with Crippen molar-refractivity contribution < 1.29 is 312 Å². The van der Waals surface area contributed by atoms with Crippen LogP contribution in [0.3, 0.4) is 0 Å². The van der Waals surface area contributed by atoms with Gasteiger partial charge in [0.2, 0.25) is 0 Å². The van der Waals surface area contributed by atoms with Crippen molar-refractivity contribution in [2.45, 2.75) is 293 Å². The molecule has 5 aliphatic carbocycles. The Morgan fingerprint density at radius 2 is 0.493 bits per heavy atom. The Morgan fingerprint density at radius 1 is 0.304 bits per heavy atom. The molecule has 74 heteroatoms. The van der Waals surface area contributed by atoms with Gasteiger partial charge in [0, 0.05) is 0 Å². The summed E-state index contributed by atoms with van der Waals surface area (Å²) in [6, 6.07) is 0. The van der Waals surface area contributed by atoms with Crippen LogP contribution >= 0.6 is 0 Å². The zero-order valence-corrected chi connectivity index (χ0v) is 80.4. The molecule has 0 aromatic rings. The van der Waals surface area contributed by atoms with Crippen molar-refractivity contribution in [3.63, 3.8) is 0 Å². The van der Waals surface area contributed by atoms with Crippen molar-refractivity contribution >= 4 is 116 Å². The van der Waals surface area contributed by atoms with Crippen LogP contribution in [-0.4, -0.2) is 288 Å². The van der Waals surface area contributed by atoms with E-state index in [4.69, 9.17) is 0 Å². The summed E-state index contributed by atoms with van der Waals surface area (Å²) in [6.45, 7) is -10.7. The Labute approximate surface area is 819 Å². The number of hydrogen-bond acceptors (Lipinski definition) is 41. The molecule has 5 saturated carbocycles. The van der Waals surface area contributed by atoms with Crippen LogP contribution in [-0.2, 0) is 174 Å². The third-order valence-corrected chi connectivity index (χ3v) is 24.6. The minimum absolute atomic E-state index is 0.0291. The van der Waals surface area contributed by atoms with Gasteiger partial charge in [-0.3, -0.25) is 28.8 Å². The Hall–Kier alpha value is -8.50. The molecule has 0 aromatic heterocycles. The second-order valence-corrected chi connectivity index (χ2v) is 39.4. The number of ether oxygens (including phenoxy) is 15. The lowest BCUT2D eigenvalue weighted by Gasteiger charge is -2.35. The van der Waals surface area contributed by atoms with E-state index in [1.165, 1.54) is 6.92 Å². The first-order chi connectivity index (χ1) is 66.8. The van der Waals surface area contributed by atoms with Crippen molar-refractivity contribution in [3.05, 3.63) is 12.7 Å². The summed E-state index contributed by atoms with van der Waals surface area (Å²) in [4.78, 5) is 132. The monoisotopic (exact) mass is 2330 g/mol. The SMILES string of the molecule is C=CCOC(=O)C(OCC(F)(F)S(=O)(=O)[O-])(OC(=O)C1CCCCC1)C(F)(F)F.CC(=O)COC(=O)C(OCC(F)(F)S(=O)(=O)[O-])(OC(=O)C1CCCCC1)C(F)(F)F.CC(OC(=O)C(OCC(F)(F)S(=O)(=O)[O-])(OC(=O)C1CCCCC1)C(F)(F)F)C(F)(F)F.CCCOC(=O)C(OCC(F)(F)S(=O)(=O)[O-])(OC(=O)C1CCCCC1)C(F)(F)F.CCOC(=O)C(OCC(F)(F)S(=O)(=O)[O-])(OC(=O)C1CCCCC1)C(F)(F)F. The van der Waals surface area contributed by atoms with Gasteiger partial charge in [0.05, 0.1) is 42.8 Å². The zero-order chi connectivity index (χ0) is 115. The summed E-state index contributed by atoms with van der Waals surface area (Å²) in [5.74, 6) is -51.5. The van der Waals surface area contributed by atoms with Crippen molar-refractivity contribution in [1.82, 2.24) is 0 Å². The number of esters is 10. The Bertz CT molecular complexity index is 5050. The molecule has 0 radical (unpaired) electrons. The predicted molar refractivity (Wildman–Crippen MR) is 413 cm³/mol. The van der Waals surface area contributed by atoms with Gasteiger partial charge in [-0.1, -0.05) is 116 Å². The number of rotatable bonds is 43. The summed E-state index contributed by atoms with van der Waals surface area (Å²) in [6.07, 6.45) is -29.1. The maximum Gasteiger partial charge on any atom is 0.468 e. The second-order valence-electron chi connectivity index (χ2n) is 31.9. The highest BCUT2D eigenvalue weighted by atomic mass is 32.2. The van der Waals surface area contributed by atoms with Gasteiger partial charge >= 0.3 is 152 Å². The number of alkyl halides is 28. The molecular formula is C74H91F28O41S5-5. The Kier molecular flexibility index (Phi) is 50.5. The smallest absolute Gasteiger partial charge is 0.468 e. The zero-order valence-electron chi connectivity index (χ0n) is 76.4. The third-order valence-electron chi connectivity index (χ3n) is 20.4. The molecule has 0 N–H and O–H groups in total. The van der Waals surface area contributed by atoms with Crippen LogP contribution in [0.4, 0.5) is 123 Å². The van der Waals surface area contributed by atoms with E-state index in [0.29, 0.717) is 83.5 Å². The van der Waals surface area contributed by atoms with Gasteiger partial charge in [-0.25, -0.2) is 66.1 Å². The first kappa shape index (κ1) is 138. The minimum Gasteiger partial charge on any atom is -0.743 e. The highest BCUT2D eigenvalue weighted by molar-refractivity contribution is 7.87. The van der Waals surface area contributed by atoms with Crippen LogP contribution in [0.5, 0.6) is 0 Å². The molecule has 0 heterocycles. The fourth-order valence-electron chi connectivity index (χ4n) is 12.3. The molecular weight excluding hydrogens is 2240 g/mol. The molecule has 5 fully saturated rings.